The monoisotopic (exact) mass is 422 g/mol. The molecule has 2 aromatic rings. The quantitative estimate of drug-likeness (QED) is 0.533. The molecule has 4 heteroatoms. The van der Waals surface area contributed by atoms with Crippen LogP contribution in [0.2, 0.25) is 0 Å². The van der Waals surface area contributed by atoms with Crippen LogP contribution >= 0.6 is 0 Å². The van der Waals surface area contributed by atoms with E-state index >= 15 is 0 Å². The van der Waals surface area contributed by atoms with Gasteiger partial charge in [0, 0.05) is 19.5 Å². The van der Waals surface area contributed by atoms with Crippen LogP contribution in [0.4, 0.5) is 0 Å². The van der Waals surface area contributed by atoms with E-state index in [0.717, 1.165) is 11.1 Å². The Morgan fingerprint density at radius 1 is 0.903 bits per heavy atom. The van der Waals surface area contributed by atoms with Gasteiger partial charge in [0.25, 0.3) is 0 Å². The van der Waals surface area contributed by atoms with Crippen LogP contribution in [0.3, 0.4) is 0 Å². The average Bonchev–Trinajstić information content (AvgIpc) is 2.76. The first kappa shape index (κ1) is 24.6. The van der Waals surface area contributed by atoms with Crippen LogP contribution in [0.1, 0.15) is 70.1 Å². The third kappa shape index (κ3) is 7.86. The molecule has 0 radical (unpaired) electrons. The molecule has 4 nitrogen and oxygen atoms in total. The Balaban J connectivity index is 2.13. The molecule has 0 aliphatic heterocycles. The van der Waals surface area contributed by atoms with Gasteiger partial charge in [0.1, 0.15) is 6.04 Å². The van der Waals surface area contributed by atoms with Gasteiger partial charge in [0.05, 0.1) is 0 Å². The number of hydrogen-bond acceptors (Lipinski definition) is 2. The van der Waals surface area contributed by atoms with Crippen molar-refractivity contribution in [2.45, 2.75) is 72.4 Å². The molecule has 2 rings (SSSR count). The summed E-state index contributed by atoms with van der Waals surface area (Å²) in [6.07, 6.45) is 1.65. The van der Waals surface area contributed by atoms with Crippen LogP contribution in [0.25, 0.3) is 0 Å². The van der Waals surface area contributed by atoms with Gasteiger partial charge >= 0.3 is 0 Å². The van der Waals surface area contributed by atoms with Crippen molar-refractivity contribution in [1.82, 2.24) is 10.2 Å². The molecular formula is C27H38N2O2. The first-order valence-corrected chi connectivity index (χ1v) is 11.5. The maximum absolute atomic E-state index is 13.3. The largest absolute Gasteiger partial charge is 0.354 e. The number of aryl methyl sites for hydroxylation is 1. The molecule has 0 aromatic heterocycles. The summed E-state index contributed by atoms with van der Waals surface area (Å²) in [5, 5.41) is 3.01. The van der Waals surface area contributed by atoms with E-state index in [1.54, 1.807) is 4.90 Å². The summed E-state index contributed by atoms with van der Waals surface area (Å²) in [4.78, 5) is 27.9. The van der Waals surface area contributed by atoms with Gasteiger partial charge in [-0.3, -0.25) is 9.59 Å². The molecule has 168 valence electrons. The Kier molecular flexibility index (Phi) is 9.77. The van der Waals surface area contributed by atoms with Crippen molar-refractivity contribution in [2.24, 2.45) is 5.92 Å². The number of amides is 2. The number of nitrogens with one attached hydrogen (secondary N) is 1. The van der Waals surface area contributed by atoms with Crippen molar-refractivity contribution in [3.63, 3.8) is 0 Å². The van der Waals surface area contributed by atoms with Crippen molar-refractivity contribution in [3.8, 4) is 0 Å². The first-order valence-electron chi connectivity index (χ1n) is 11.5. The van der Waals surface area contributed by atoms with E-state index in [4.69, 9.17) is 0 Å². The molecule has 0 saturated carbocycles. The van der Waals surface area contributed by atoms with E-state index in [9.17, 15) is 9.59 Å². The lowest BCUT2D eigenvalue weighted by Gasteiger charge is -2.31. The Bertz CT molecular complexity index is 813. The molecule has 0 aliphatic carbocycles. The lowest BCUT2D eigenvalue weighted by atomic mass is 10.00. The minimum absolute atomic E-state index is 0.0170. The molecule has 0 unspecified atom stereocenters. The van der Waals surface area contributed by atoms with Gasteiger partial charge in [0.2, 0.25) is 11.8 Å². The highest BCUT2D eigenvalue weighted by molar-refractivity contribution is 5.87. The van der Waals surface area contributed by atoms with Crippen molar-refractivity contribution < 1.29 is 9.59 Å². The molecule has 0 heterocycles. The number of benzene rings is 2. The van der Waals surface area contributed by atoms with Gasteiger partial charge in [-0.1, -0.05) is 89.2 Å². The zero-order chi connectivity index (χ0) is 22.8. The topological polar surface area (TPSA) is 49.4 Å². The molecule has 0 spiro atoms. The fourth-order valence-electron chi connectivity index (χ4n) is 3.59. The fourth-order valence-corrected chi connectivity index (χ4v) is 3.59. The number of rotatable bonds is 11. The van der Waals surface area contributed by atoms with Crippen LogP contribution in [-0.4, -0.2) is 29.3 Å². The zero-order valence-electron chi connectivity index (χ0n) is 19.7. The van der Waals surface area contributed by atoms with E-state index in [1.807, 2.05) is 37.3 Å². The van der Waals surface area contributed by atoms with Crippen molar-refractivity contribution >= 4 is 11.8 Å². The van der Waals surface area contributed by atoms with E-state index < -0.39 is 6.04 Å². The van der Waals surface area contributed by atoms with Gasteiger partial charge < -0.3 is 10.2 Å². The number of carbonyl (C=O) groups excluding carboxylic acids is 2. The Hall–Kier alpha value is -2.62. The van der Waals surface area contributed by atoms with Gasteiger partial charge in [-0.25, -0.2) is 0 Å². The maximum Gasteiger partial charge on any atom is 0.242 e. The van der Waals surface area contributed by atoms with Crippen molar-refractivity contribution in [2.75, 3.05) is 6.54 Å². The molecule has 0 saturated heterocycles. The molecule has 0 aliphatic rings. The highest BCUT2D eigenvalue weighted by Crippen LogP contribution is 2.18. The summed E-state index contributed by atoms with van der Waals surface area (Å²) in [5.41, 5.74) is 3.48. The SMILES string of the molecule is CC[C@H](C(=O)NCC(C)C)N(Cc1ccccc1)C(=O)CCc1ccc(C(C)C)cc1. The standard InChI is InChI=1S/C27H38N2O2/c1-6-25(27(31)28-18-20(2)3)29(19-23-10-8-7-9-11-23)26(30)17-14-22-12-15-24(16-13-22)21(4)5/h7-13,15-16,20-21,25H,6,14,17-19H2,1-5H3,(H,28,31)/t25-/m1/s1. The highest BCUT2D eigenvalue weighted by Gasteiger charge is 2.28. The van der Waals surface area contributed by atoms with Gasteiger partial charge in [-0.05, 0) is 41.4 Å². The summed E-state index contributed by atoms with van der Waals surface area (Å²) >= 11 is 0. The predicted molar refractivity (Wildman–Crippen MR) is 128 cm³/mol. The summed E-state index contributed by atoms with van der Waals surface area (Å²) < 4.78 is 0. The minimum atomic E-state index is -0.463. The summed E-state index contributed by atoms with van der Waals surface area (Å²) in [6, 6.07) is 17.9. The lowest BCUT2D eigenvalue weighted by molar-refractivity contribution is -0.141. The second-order valence-corrected chi connectivity index (χ2v) is 8.97. The molecule has 0 fully saturated rings. The van der Waals surface area contributed by atoms with Crippen molar-refractivity contribution in [1.29, 1.82) is 0 Å². The van der Waals surface area contributed by atoms with Crippen LogP contribution in [-0.2, 0) is 22.6 Å². The van der Waals surface area contributed by atoms with Crippen LogP contribution < -0.4 is 5.32 Å². The molecule has 1 N–H and O–H groups in total. The maximum atomic E-state index is 13.3. The van der Waals surface area contributed by atoms with Gasteiger partial charge in [-0.15, -0.1) is 0 Å². The third-order valence-electron chi connectivity index (χ3n) is 5.54. The van der Waals surface area contributed by atoms with E-state index in [0.29, 0.717) is 44.2 Å². The number of nitrogens with zero attached hydrogens (tertiary/aromatic N) is 1. The smallest absolute Gasteiger partial charge is 0.242 e. The van der Waals surface area contributed by atoms with E-state index in [1.165, 1.54) is 5.56 Å². The second-order valence-electron chi connectivity index (χ2n) is 8.97. The molecule has 2 aromatic carbocycles. The molecule has 1 atom stereocenters. The van der Waals surface area contributed by atoms with Crippen LogP contribution in [0.15, 0.2) is 54.6 Å². The summed E-state index contributed by atoms with van der Waals surface area (Å²) in [5.74, 6) is 0.811. The van der Waals surface area contributed by atoms with Crippen LogP contribution in [0.5, 0.6) is 0 Å². The summed E-state index contributed by atoms with van der Waals surface area (Å²) in [7, 11) is 0. The normalized spacial score (nSPS) is 12.1. The lowest BCUT2D eigenvalue weighted by Crippen LogP contribution is -2.49. The average molecular weight is 423 g/mol. The second kappa shape index (κ2) is 12.3. The highest BCUT2D eigenvalue weighted by atomic mass is 16.2. The Morgan fingerprint density at radius 2 is 1.55 bits per heavy atom. The zero-order valence-corrected chi connectivity index (χ0v) is 19.7. The fraction of sp³-hybridized carbons (Fsp3) is 0.481. The molecule has 2 amide bonds. The first-order chi connectivity index (χ1) is 14.8. The Morgan fingerprint density at radius 3 is 2.10 bits per heavy atom. The van der Waals surface area contributed by atoms with Gasteiger partial charge in [0.15, 0.2) is 0 Å². The molecular weight excluding hydrogens is 384 g/mol. The number of carbonyl (C=O) groups is 2. The van der Waals surface area contributed by atoms with Crippen LogP contribution in [0, 0.1) is 5.92 Å². The Labute approximate surface area is 188 Å². The van der Waals surface area contributed by atoms with Gasteiger partial charge in [-0.2, -0.15) is 0 Å². The van der Waals surface area contributed by atoms with E-state index in [-0.39, 0.29) is 11.8 Å². The minimum Gasteiger partial charge on any atom is -0.354 e. The van der Waals surface area contributed by atoms with Crippen molar-refractivity contribution in [3.05, 3.63) is 71.3 Å². The molecule has 0 bridgehead atoms. The number of hydrogen-bond donors (Lipinski definition) is 1. The summed E-state index contributed by atoms with van der Waals surface area (Å²) in [6.45, 7) is 11.5. The third-order valence-corrected chi connectivity index (χ3v) is 5.54. The molecule has 31 heavy (non-hydrogen) atoms. The predicted octanol–water partition coefficient (Wildman–Crippen LogP) is 5.32. The van der Waals surface area contributed by atoms with E-state index in [2.05, 4.69) is 57.3 Å².